The van der Waals surface area contributed by atoms with Crippen molar-refractivity contribution in [1.82, 2.24) is 15.2 Å². The van der Waals surface area contributed by atoms with Crippen LogP contribution in [0.15, 0.2) is 48.8 Å². The average Bonchev–Trinajstić information content (AvgIpc) is 3.11. The van der Waals surface area contributed by atoms with E-state index in [0.717, 1.165) is 43.2 Å². The van der Waals surface area contributed by atoms with Crippen LogP contribution < -0.4 is 5.32 Å². The van der Waals surface area contributed by atoms with E-state index in [1.165, 1.54) is 0 Å². The van der Waals surface area contributed by atoms with Crippen LogP contribution in [0.1, 0.15) is 53.6 Å². The zero-order valence-electron chi connectivity index (χ0n) is 16.8. The third-order valence-corrected chi connectivity index (χ3v) is 5.93. The monoisotopic (exact) mass is 393 g/mol. The number of nitrogens with zero attached hydrogens (tertiary/aromatic N) is 2. The van der Waals surface area contributed by atoms with E-state index in [-0.39, 0.29) is 18.4 Å². The minimum absolute atomic E-state index is 0.131. The number of hydrogen-bond acceptors (Lipinski definition) is 4. The molecule has 1 saturated heterocycles. The lowest BCUT2D eigenvalue weighted by molar-refractivity contribution is -0.127. The summed E-state index contributed by atoms with van der Waals surface area (Å²) in [5.74, 6) is -0.307. The van der Waals surface area contributed by atoms with Crippen molar-refractivity contribution in [3.8, 4) is 0 Å². The molecule has 2 aliphatic rings. The van der Waals surface area contributed by atoms with Crippen molar-refractivity contribution in [2.45, 2.75) is 57.3 Å². The molecular weight excluding hydrogens is 366 g/mol. The van der Waals surface area contributed by atoms with Crippen LogP contribution in [-0.4, -0.2) is 40.1 Å². The van der Waals surface area contributed by atoms with E-state index in [2.05, 4.69) is 10.3 Å². The summed E-state index contributed by atoms with van der Waals surface area (Å²) in [7, 11) is 0. The number of carbonyl (C=O) groups is 2. The predicted molar refractivity (Wildman–Crippen MR) is 109 cm³/mol. The van der Waals surface area contributed by atoms with Gasteiger partial charge in [0.05, 0.1) is 6.61 Å². The van der Waals surface area contributed by atoms with Crippen molar-refractivity contribution in [1.29, 1.82) is 0 Å². The van der Waals surface area contributed by atoms with E-state index in [9.17, 15) is 9.59 Å². The molecular formula is C23H27N3O3. The molecule has 2 heterocycles. The lowest BCUT2D eigenvalue weighted by Crippen LogP contribution is -2.56. The van der Waals surface area contributed by atoms with Crippen molar-refractivity contribution in [3.63, 3.8) is 0 Å². The second kappa shape index (κ2) is 8.33. The Morgan fingerprint density at radius 3 is 2.48 bits per heavy atom. The van der Waals surface area contributed by atoms with Gasteiger partial charge in [0, 0.05) is 24.5 Å². The fourth-order valence-electron chi connectivity index (χ4n) is 4.31. The Labute approximate surface area is 171 Å². The predicted octanol–water partition coefficient (Wildman–Crippen LogP) is 3.21. The molecule has 1 atom stereocenters. The van der Waals surface area contributed by atoms with Crippen LogP contribution in [0.2, 0.25) is 0 Å². The Morgan fingerprint density at radius 2 is 1.79 bits per heavy atom. The molecule has 2 fully saturated rings. The quantitative estimate of drug-likeness (QED) is 0.866. The number of hydrogen-bond donors (Lipinski definition) is 1. The van der Waals surface area contributed by atoms with Crippen LogP contribution in [0, 0.1) is 6.92 Å². The van der Waals surface area contributed by atoms with Gasteiger partial charge in [-0.1, -0.05) is 24.1 Å². The second-order valence-electron chi connectivity index (χ2n) is 7.95. The first-order chi connectivity index (χ1) is 14.1. The fourth-order valence-corrected chi connectivity index (χ4v) is 4.31. The van der Waals surface area contributed by atoms with Gasteiger partial charge in [-0.3, -0.25) is 19.5 Å². The summed E-state index contributed by atoms with van der Waals surface area (Å²) in [5.41, 5.74) is 1.99. The number of rotatable bonds is 4. The van der Waals surface area contributed by atoms with Gasteiger partial charge in [0.25, 0.3) is 5.91 Å². The zero-order chi connectivity index (χ0) is 20.3. The molecule has 29 heavy (non-hydrogen) atoms. The van der Waals surface area contributed by atoms with Gasteiger partial charge in [-0.05, 0) is 62.4 Å². The van der Waals surface area contributed by atoms with E-state index in [1.54, 1.807) is 17.3 Å². The van der Waals surface area contributed by atoms with E-state index < -0.39 is 11.8 Å². The smallest absolute Gasteiger partial charge is 0.256 e. The lowest BCUT2D eigenvalue weighted by Gasteiger charge is -2.41. The molecule has 1 unspecified atom stereocenters. The topological polar surface area (TPSA) is 71.5 Å². The largest absolute Gasteiger partial charge is 0.353 e. The molecule has 6 nitrogen and oxygen atoms in total. The third-order valence-electron chi connectivity index (χ3n) is 5.93. The SMILES string of the molecule is Cc1ccc(C(=O)N2C(C(=O)NCc3ccncc3)COC23CCCCC3)cc1. The first-order valence-electron chi connectivity index (χ1n) is 10.3. The second-order valence-corrected chi connectivity index (χ2v) is 7.95. The molecule has 0 bridgehead atoms. The highest BCUT2D eigenvalue weighted by molar-refractivity contribution is 5.98. The van der Waals surface area contributed by atoms with Crippen LogP contribution >= 0.6 is 0 Å². The molecule has 1 aliphatic heterocycles. The Balaban J connectivity index is 1.57. The van der Waals surface area contributed by atoms with Crippen molar-refractivity contribution < 1.29 is 14.3 Å². The van der Waals surface area contributed by atoms with E-state index in [0.29, 0.717) is 12.1 Å². The van der Waals surface area contributed by atoms with Crippen molar-refractivity contribution in [2.75, 3.05) is 6.61 Å². The van der Waals surface area contributed by atoms with Crippen LogP contribution in [0.4, 0.5) is 0 Å². The van der Waals surface area contributed by atoms with Gasteiger partial charge in [-0.2, -0.15) is 0 Å². The van der Waals surface area contributed by atoms with Gasteiger partial charge in [0.1, 0.15) is 11.8 Å². The van der Waals surface area contributed by atoms with Gasteiger partial charge < -0.3 is 10.1 Å². The maximum atomic E-state index is 13.5. The number of carbonyl (C=O) groups excluding carboxylic acids is 2. The Morgan fingerprint density at radius 1 is 1.10 bits per heavy atom. The highest BCUT2D eigenvalue weighted by atomic mass is 16.5. The van der Waals surface area contributed by atoms with Crippen LogP contribution in [0.5, 0.6) is 0 Å². The molecule has 0 radical (unpaired) electrons. The molecule has 1 N–H and O–H groups in total. The summed E-state index contributed by atoms with van der Waals surface area (Å²) in [5, 5.41) is 2.97. The number of ether oxygens (including phenoxy) is 1. The molecule has 2 amide bonds. The fraction of sp³-hybridized carbons (Fsp3) is 0.435. The highest BCUT2D eigenvalue weighted by Crippen LogP contribution is 2.41. The number of pyridine rings is 1. The van der Waals surface area contributed by atoms with E-state index >= 15 is 0 Å². The number of nitrogens with one attached hydrogen (secondary N) is 1. The summed E-state index contributed by atoms with van der Waals surface area (Å²) in [6, 6.07) is 10.6. The highest BCUT2D eigenvalue weighted by Gasteiger charge is 2.52. The van der Waals surface area contributed by atoms with E-state index in [4.69, 9.17) is 4.74 Å². The molecule has 1 aliphatic carbocycles. The first-order valence-corrected chi connectivity index (χ1v) is 10.3. The number of aryl methyl sites for hydroxylation is 1. The standard InChI is InChI=1S/C23H27N3O3/c1-17-5-7-19(8-6-17)22(28)26-20(16-29-23(26)11-3-2-4-12-23)21(27)25-15-18-9-13-24-14-10-18/h5-10,13-14,20H,2-4,11-12,15-16H2,1H3,(H,25,27). The minimum Gasteiger partial charge on any atom is -0.353 e. The number of aromatic nitrogens is 1. The first kappa shape index (κ1) is 19.6. The maximum absolute atomic E-state index is 13.5. The van der Waals surface area contributed by atoms with Gasteiger partial charge >= 0.3 is 0 Å². The molecule has 152 valence electrons. The Kier molecular flexibility index (Phi) is 5.62. The average molecular weight is 393 g/mol. The normalized spacial score (nSPS) is 20.6. The van der Waals surface area contributed by atoms with Gasteiger partial charge in [-0.25, -0.2) is 0 Å². The molecule has 4 rings (SSSR count). The molecule has 6 heteroatoms. The van der Waals surface area contributed by atoms with Crippen molar-refractivity contribution in [3.05, 3.63) is 65.5 Å². The van der Waals surface area contributed by atoms with Gasteiger partial charge in [0.15, 0.2) is 0 Å². The minimum atomic E-state index is -0.668. The summed E-state index contributed by atoms with van der Waals surface area (Å²) in [4.78, 5) is 32.2. The Bertz CT molecular complexity index is 861. The molecule has 1 aromatic carbocycles. The third kappa shape index (κ3) is 4.03. The van der Waals surface area contributed by atoms with Crippen molar-refractivity contribution >= 4 is 11.8 Å². The van der Waals surface area contributed by atoms with Gasteiger partial charge in [-0.15, -0.1) is 0 Å². The van der Waals surface area contributed by atoms with Gasteiger partial charge in [0.2, 0.25) is 5.91 Å². The Hall–Kier alpha value is -2.73. The molecule has 1 saturated carbocycles. The van der Waals surface area contributed by atoms with E-state index in [1.807, 2.05) is 43.3 Å². The number of amides is 2. The molecule has 1 aromatic heterocycles. The summed E-state index contributed by atoms with van der Waals surface area (Å²) in [6.07, 6.45) is 8.09. The van der Waals surface area contributed by atoms with Crippen LogP contribution in [-0.2, 0) is 16.1 Å². The number of benzene rings is 1. The summed E-state index contributed by atoms with van der Waals surface area (Å²) < 4.78 is 6.18. The lowest BCUT2D eigenvalue weighted by atomic mass is 9.89. The van der Waals surface area contributed by atoms with Crippen LogP contribution in [0.25, 0.3) is 0 Å². The molecule has 1 spiro atoms. The zero-order valence-corrected chi connectivity index (χ0v) is 16.8. The summed E-state index contributed by atoms with van der Waals surface area (Å²) >= 11 is 0. The van der Waals surface area contributed by atoms with Crippen molar-refractivity contribution in [2.24, 2.45) is 0 Å². The maximum Gasteiger partial charge on any atom is 0.256 e. The van der Waals surface area contributed by atoms with Crippen LogP contribution in [0.3, 0.4) is 0 Å². The molecule has 2 aromatic rings. The summed E-state index contributed by atoms with van der Waals surface area (Å²) in [6.45, 7) is 2.63.